The van der Waals surface area contributed by atoms with Crippen LogP contribution in [0.25, 0.3) is 0 Å². The quantitative estimate of drug-likeness (QED) is 0.483. The van der Waals surface area contributed by atoms with E-state index in [1.165, 1.54) is 0 Å². The van der Waals surface area contributed by atoms with Gasteiger partial charge in [-0.05, 0) is 19.3 Å². The molecule has 0 heterocycles. The highest BCUT2D eigenvalue weighted by molar-refractivity contribution is 6.22. The molecular weight excluding hydrogens is 164 g/mol. The van der Waals surface area contributed by atoms with E-state index in [1.807, 2.05) is 13.8 Å². The highest BCUT2D eigenvalue weighted by Crippen LogP contribution is 2.23. The number of allylic oxidation sites excluding steroid dienone is 2. The second-order valence-corrected chi connectivity index (χ2v) is 3.39. The zero-order valence-electron chi connectivity index (χ0n) is 8.35. The topological polar surface area (TPSA) is 34.1 Å². The van der Waals surface area contributed by atoms with Crippen molar-refractivity contribution in [3.05, 3.63) is 11.1 Å². The first kappa shape index (κ1) is 10.2. The molecule has 0 aromatic rings. The van der Waals surface area contributed by atoms with Crippen molar-refractivity contribution in [2.45, 2.75) is 46.0 Å². The zero-order valence-corrected chi connectivity index (χ0v) is 8.35. The van der Waals surface area contributed by atoms with Gasteiger partial charge in [0.15, 0.2) is 11.6 Å². The molecule has 1 aliphatic carbocycles. The molecule has 0 saturated heterocycles. The Morgan fingerprint density at radius 1 is 1.08 bits per heavy atom. The molecule has 0 radical (unpaired) electrons. The van der Waals surface area contributed by atoms with Crippen LogP contribution in [0.4, 0.5) is 0 Å². The summed E-state index contributed by atoms with van der Waals surface area (Å²) in [4.78, 5) is 23.0. The molecule has 1 rings (SSSR count). The van der Waals surface area contributed by atoms with Crippen LogP contribution in [0, 0.1) is 0 Å². The number of carbonyl (C=O) groups excluding carboxylic acids is 2. The molecule has 13 heavy (non-hydrogen) atoms. The summed E-state index contributed by atoms with van der Waals surface area (Å²) in [6.07, 6.45) is 3.50. The minimum Gasteiger partial charge on any atom is -0.294 e. The summed E-state index contributed by atoms with van der Waals surface area (Å²) in [5.41, 5.74) is 1.56. The summed E-state index contributed by atoms with van der Waals surface area (Å²) in [6, 6.07) is 0. The first-order chi connectivity index (χ1) is 6.20. The summed E-state index contributed by atoms with van der Waals surface area (Å²) in [5.74, 6) is 0.130. The fourth-order valence-corrected chi connectivity index (χ4v) is 1.81. The Balaban J connectivity index is 3.02. The van der Waals surface area contributed by atoms with Crippen LogP contribution >= 0.6 is 0 Å². The second-order valence-electron chi connectivity index (χ2n) is 3.39. The van der Waals surface area contributed by atoms with Gasteiger partial charge in [-0.2, -0.15) is 0 Å². The van der Waals surface area contributed by atoms with Crippen LogP contribution in [0.15, 0.2) is 11.1 Å². The molecule has 1 saturated carbocycles. The third-order valence-corrected chi connectivity index (χ3v) is 2.57. The lowest BCUT2D eigenvalue weighted by atomic mass is 9.87. The average Bonchev–Trinajstić information content (AvgIpc) is 2.11. The molecule has 2 heteroatoms. The predicted octanol–water partition coefficient (Wildman–Crippen LogP) is 2.43. The van der Waals surface area contributed by atoms with Gasteiger partial charge in [0.25, 0.3) is 0 Å². The molecule has 0 spiro atoms. The van der Waals surface area contributed by atoms with Gasteiger partial charge in [-0.15, -0.1) is 0 Å². The van der Waals surface area contributed by atoms with Crippen LogP contribution in [0.1, 0.15) is 46.0 Å². The van der Waals surface area contributed by atoms with E-state index in [4.69, 9.17) is 0 Å². The SMILES string of the molecule is CCC(CC)=C1C(=O)CCCC1=O. The van der Waals surface area contributed by atoms with E-state index in [-0.39, 0.29) is 11.6 Å². The Kier molecular flexibility index (Phi) is 3.40. The summed E-state index contributed by atoms with van der Waals surface area (Å²) < 4.78 is 0. The maximum absolute atomic E-state index is 11.5. The van der Waals surface area contributed by atoms with Gasteiger partial charge in [-0.25, -0.2) is 0 Å². The monoisotopic (exact) mass is 180 g/mol. The van der Waals surface area contributed by atoms with Crippen LogP contribution in [-0.2, 0) is 9.59 Å². The molecule has 2 nitrogen and oxygen atoms in total. The van der Waals surface area contributed by atoms with Crippen molar-refractivity contribution in [1.29, 1.82) is 0 Å². The van der Waals surface area contributed by atoms with Gasteiger partial charge in [0, 0.05) is 12.8 Å². The van der Waals surface area contributed by atoms with E-state index in [9.17, 15) is 9.59 Å². The molecule has 0 bridgehead atoms. The Bertz CT molecular complexity index is 237. The van der Waals surface area contributed by atoms with Crippen LogP contribution < -0.4 is 0 Å². The van der Waals surface area contributed by atoms with E-state index >= 15 is 0 Å². The van der Waals surface area contributed by atoms with Gasteiger partial charge in [-0.3, -0.25) is 9.59 Å². The van der Waals surface area contributed by atoms with Crippen molar-refractivity contribution >= 4 is 11.6 Å². The van der Waals surface area contributed by atoms with Crippen LogP contribution in [0.3, 0.4) is 0 Å². The first-order valence-corrected chi connectivity index (χ1v) is 4.99. The largest absolute Gasteiger partial charge is 0.294 e. The molecule has 0 aliphatic heterocycles. The summed E-state index contributed by atoms with van der Waals surface area (Å²) in [5, 5.41) is 0. The lowest BCUT2D eigenvalue weighted by Gasteiger charge is -2.15. The maximum atomic E-state index is 11.5. The fourth-order valence-electron chi connectivity index (χ4n) is 1.81. The molecule has 0 atom stereocenters. The Hall–Kier alpha value is -0.920. The molecule has 0 N–H and O–H groups in total. The third kappa shape index (κ3) is 2.06. The average molecular weight is 180 g/mol. The molecule has 0 aromatic carbocycles. The Morgan fingerprint density at radius 3 is 1.92 bits per heavy atom. The molecule has 0 unspecified atom stereocenters. The fraction of sp³-hybridized carbons (Fsp3) is 0.636. The van der Waals surface area contributed by atoms with Crippen molar-refractivity contribution in [1.82, 2.24) is 0 Å². The molecule has 72 valence electrons. The van der Waals surface area contributed by atoms with E-state index in [2.05, 4.69) is 0 Å². The number of Topliss-reactive ketones (excluding diaryl/α,β-unsaturated/α-hetero) is 2. The number of carbonyl (C=O) groups is 2. The highest BCUT2D eigenvalue weighted by Gasteiger charge is 2.25. The highest BCUT2D eigenvalue weighted by atomic mass is 16.1. The summed E-state index contributed by atoms with van der Waals surface area (Å²) in [6.45, 7) is 4.00. The Morgan fingerprint density at radius 2 is 1.54 bits per heavy atom. The number of hydrogen-bond donors (Lipinski definition) is 0. The molecular formula is C11H16O2. The van der Waals surface area contributed by atoms with Crippen molar-refractivity contribution < 1.29 is 9.59 Å². The molecule has 1 fully saturated rings. The summed E-state index contributed by atoms with van der Waals surface area (Å²) in [7, 11) is 0. The zero-order chi connectivity index (χ0) is 9.84. The first-order valence-electron chi connectivity index (χ1n) is 4.99. The van der Waals surface area contributed by atoms with Crippen molar-refractivity contribution in [3.63, 3.8) is 0 Å². The molecule has 0 amide bonds. The van der Waals surface area contributed by atoms with Crippen LogP contribution in [0.5, 0.6) is 0 Å². The van der Waals surface area contributed by atoms with E-state index in [0.717, 1.165) is 24.8 Å². The minimum atomic E-state index is 0.0648. The number of ketones is 2. The maximum Gasteiger partial charge on any atom is 0.166 e. The standard InChI is InChI=1S/C11H16O2/c1-3-8(4-2)11-9(12)6-5-7-10(11)13/h3-7H2,1-2H3. The normalized spacial score (nSPS) is 17.8. The number of rotatable bonds is 2. The van der Waals surface area contributed by atoms with Crippen LogP contribution in [-0.4, -0.2) is 11.6 Å². The van der Waals surface area contributed by atoms with E-state index < -0.39 is 0 Å². The Labute approximate surface area is 79.0 Å². The van der Waals surface area contributed by atoms with Gasteiger partial charge >= 0.3 is 0 Å². The van der Waals surface area contributed by atoms with Crippen molar-refractivity contribution in [2.75, 3.05) is 0 Å². The minimum absolute atomic E-state index is 0.0648. The van der Waals surface area contributed by atoms with Gasteiger partial charge < -0.3 is 0 Å². The van der Waals surface area contributed by atoms with Crippen molar-refractivity contribution in [3.8, 4) is 0 Å². The lowest BCUT2D eigenvalue weighted by Crippen LogP contribution is -2.20. The molecule has 0 aromatic heterocycles. The van der Waals surface area contributed by atoms with Gasteiger partial charge in [0.1, 0.15) is 0 Å². The summed E-state index contributed by atoms with van der Waals surface area (Å²) >= 11 is 0. The van der Waals surface area contributed by atoms with Gasteiger partial charge in [-0.1, -0.05) is 19.4 Å². The van der Waals surface area contributed by atoms with E-state index in [1.54, 1.807) is 0 Å². The number of hydrogen-bond acceptors (Lipinski definition) is 2. The van der Waals surface area contributed by atoms with Crippen molar-refractivity contribution in [2.24, 2.45) is 0 Å². The lowest BCUT2D eigenvalue weighted by molar-refractivity contribution is -0.123. The van der Waals surface area contributed by atoms with Gasteiger partial charge in [0.05, 0.1) is 5.57 Å². The van der Waals surface area contributed by atoms with E-state index in [0.29, 0.717) is 18.4 Å². The van der Waals surface area contributed by atoms with Crippen LogP contribution in [0.2, 0.25) is 0 Å². The second kappa shape index (κ2) is 4.35. The third-order valence-electron chi connectivity index (χ3n) is 2.57. The molecule has 1 aliphatic rings. The smallest absolute Gasteiger partial charge is 0.166 e. The van der Waals surface area contributed by atoms with Gasteiger partial charge in [0.2, 0.25) is 0 Å². The predicted molar refractivity (Wildman–Crippen MR) is 51.5 cm³/mol.